The van der Waals surface area contributed by atoms with Crippen LogP contribution in [0.3, 0.4) is 0 Å². The van der Waals surface area contributed by atoms with Gasteiger partial charge in [-0.25, -0.2) is 0 Å². The molecule has 0 atom stereocenters. The van der Waals surface area contributed by atoms with Crippen LogP contribution < -0.4 is 10.5 Å². The van der Waals surface area contributed by atoms with Crippen molar-refractivity contribution < 1.29 is 9.53 Å². The van der Waals surface area contributed by atoms with E-state index in [0.717, 1.165) is 16.5 Å². The van der Waals surface area contributed by atoms with Gasteiger partial charge < -0.3 is 10.5 Å². The van der Waals surface area contributed by atoms with Gasteiger partial charge in [0.05, 0.1) is 0 Å². The maximum atomic E-state index is 10.9. The SMILES string of the molecule is NCCOc1ccccc1.O=C(Cl)c1ccc2ccccc2c1. The second-order valence-electron chi connectivity index (χ2n) is 4.79. The number of para-hydroxylation sites is 1. The molecular formula is C19H18ClNO2. The van der Waals surface area contributed by atoms with E-state index in [-0.39, 0.29) is 0 Å². The Morgan fingerprint density at radius 1 is 0.913 bits per heavy atom. The number of ether oxygens (including phenoxy) is 1. The third kappa shape index (κ3) is 5.40. The van der Waals surface area contributed by atoms with Gasteiger partial charge in [-0.3, -0.25) is 4.79 Å². The van der Waals surface area contributed by atoms with E-state index in [1.807, 2.05) is 60.7 Å². The van der Waals surface area contributed by atoms with Crippen molar-refractivity contribution in [2.75, 3.05) is 13.2 Å². The lowest BCUT2D eigenvalue weighted by atomic mass is 10.1. The van der Waals surface area contributed by atoms with Crippen LogP contribution in [0, 0.1) is 0 Å². The van der Waals surface area contributed by atoms with Crippen molar-refractivity contribution in [3.63, 3.8) is 0 Å². The van der Waals surface area contributed by atoms with Crippen molar-refractivity contribution >= 4 is 27.6 Å². The second-order valence-corrected chi connectivity index (χ2v) is 5.13. The van der Waals surface area contributed by atoms with Gasteiger partial charge in [0, 0.05) is 12.1 Å². The molecule has 0 aliphatic heterocycles. The molecule has 0 aliphatic carbocycles. The van der Waals surface area contributed by atoms with Crippen LogP contribution in [0.25, 0.3) is 10.8 Å². The first-order valence-electron chi connectivity index (χ1n) is 7.27. The standard InChI is InChI=1S/C11H7ClO.C8H11NO/c12-11(13)10-6-5-8-3-1-2-4-9(8)7-10;9-6-7-10-8-4-2-1-3-5-8/h1-7H;1-5H,6-7,9H2. The minimum absolute atomic E-state index is 0.411. The Morgan fingerprint density at radius 3 is 2.22 bits per heavy atom. The Kier molecular flexibility index (Phi) is 6.60. The molecule has 0 aromatic heterocycles. The number of carbonyl (C=O) groups excluding carboxylic acids is 1. The van der Waals surface area contributed by atoms with Crippen molar-refractivity contribution in [2.24, 2.45) is 5.73 Å². The number of fused-ring (bicyclic) bond motifs is 1. The van der Waals surface area contributed by atoms with E-state index in [1.54, 1.807) is 12.1 Å². The van der Waals surface area contributed by atoms with E-state index in [4.69, 9.17) is 22.1 Å². The van der Waals surface area contributed by atoms with Gasteiger partial charge in [-0.05, 0) is 46.6 Å². The average Bonchev–Trinajstić information content (AvgIpc) is 2.61. The first kappa shape index (κ1) is 17.0. The summed E-state index contributed by atoms with van der Waals surface area (Å²) in [7, 11) is 0. The number of carbonyl (C=O) groups is 1. The third-order valence-electron chi connectivity index (χ3n) is 3.11. The molecule has 3 rings (SSSR count). The fourth-order valence-corrected chi connectivity index (χ4v) is 2.12. The number of hydrogen-bond acceptors (Lipinski definition) is 3. The van der Waals surface area contributed by atoms with Crippen molar-refractivity contribution in [2.45, 2.75) is 0 Å². The molecule has 4 heteroatoms. The zero-order valence-corrected chi connectivity index (χ0v) is 13.4. The summed E-state index contributed by atoms with van der Waals surface area (Å²) in [4.78, 5) is 10.9. The van der Waals surface area contributed by atoms with Gasteiger partial charge in [-0.15, -0.1) is 0 Å². The lowest BCUT2D eigenvalue weighted by molar-refractivity contribution is 0.108. The van der Waals surface area contributed by atoms with Gasteiger partial charge in [-0.2, -0.15) is 0 Å². The average molecular weight is 328 g/mol. The summed E-state index contributed by atoms with van der Waals surface area (Å²) in [6, 6.07) is 22.9. The number of halogens is 1. The lowest BCUT2D eigenvalue weighted by Crippen LogP contribution is -2.10. The van der Waals surface area contributed by atoms with Gasteiger partial charge in [-0.1, -0.05) is 48.5 Å². The topological polar surface area (TPSA) is 52.3 Å². The van der Waals surface area contributed by atoms with Crippen LogP contribution in [0.5, 0.6) is 5.75 Å². The van der Waals surface area contributed by atoms with E-state index in [9.17, 15) is 4.79 Å². The molecule has 0 amide bonds. The largest absolute Gasteiger partial charge is 0.492 e. The van der Waals surface area contributed by atoms with Gasteiger partial charge in [0.2, 0.25) is 0 Å². The minimum Gasteiger partial charge on any atom is -0.492 e. The highest BCUT2D eigenvalue weighted by molar-refractivity contribution is 6.67. The predicted octanol–water partition coefficient (Wildman–Crippen LogP) is 4.24. The summed E-state index contributed by atoms with van der Waals surface area (Å²) in [5, 5.41) is 1.74. The van der Waals surface area contributed by atoms with Crippen LogP contribution in [0.2, 0.25) is 0 Å². The summed E-state index contributed by atoms with van der Waals surface area (Å²) < 4.78 is 5.23. The summed E-state index contributed by atoms with van der Waals surface area (Å²) >= 11 is 5.36. The van der Waals surface area contributed by atoms with E-state index in [2.05, 4.69) is 0 Å². The van der Waals surface area contributed by atoms with Crippen molar-refractivity contribution in [1.29, 1.82) is 0 Å². The molecule has 0 aliphatic rings. The summed E-state index contributed by atoms with van der Waals surface area (Å²) in [5.74, 6) is 0.882. The number of benzene rings is 3. The smallest absolute Gasteiger partial charge is 0.252 e. The highest BCUT2D eigenvalue weighted by Crippen LogP contribution is 2.16. The molecule has 3 aromatic rings. The number of nitrogens with two attached hydrogens (primary N) is 1. The monoisotopic (exact) mass is 327 g/mol. The van der Waals surface area contributed by atoms with Crippen molar-refractivity contribution in [3.8, 4) is 5.75 Å². The zero-order chi connectivity index (χ0) is 16.5. The lowest BCUT2D eigenvalue weighted by Gasteiger charge is -2.01. The van der Waals surface area contributed by atoms with Gasteiger partial charge in [0.15, 0.2) is 0 Å². The van der Waals surface area contributed by atoms with Crippen LogP contribution in [0.15, 0.2) is 72.8 Å². The molecule has 0 spiro atoms. The molecule has 118 valence electrons. The maximum absolute atomic E-state index is 10.9. The highest BCUT2D eigenvalue weighted by atomic mass is 35.5. The Bertz CT molecular complexity index is 759. The molecule has 0 saturated carbocycles. The maximum Gasteiger partial charge on any atom is 0.252 e. The molecule has 0 bridgehead atoms. The van der Waals surface area contributed by atoms with Gasteiger partial charge in [0.25, 0.3) is 5.24 Å². The van der Waals surface area contributed by atoms with Crippen molar-refractivity contribution in [3.05, 3.63) is 78.4 Å². The Morgan fingerprint density at radius 2 is 1.57 bits per heavy atom. The molecule has 0 saturated heterocycles. The van der Waals surface area contributed by atoms with E-state index < -0.39 is 5.24 Å². The number of rotatable bonds is 4. The minimum atomic E-state index is -0.411. The molecule has 2 N–H and O–H groups in total. The molecule has 0 heterocycles. The predicted molar refractivity (Wildman–Crippen MR) is 95.1 cm³/mol. The molecule has 3 aromatic carbocycles. The first-order chi connectivity index (χ1) is 11.2. The quantitative estimate of drug-likeness (QED) is 0.729. The van der Waals surface area contributed by atoms with Crippen LogP contribution in [0.4, 0.5) is 0 Å². The van der Waals surface area contributed by atoms with E-state index >= 15 is 0 Å². The molecule has 23 heavy (non-hydrogen) atoms. The molecule has 0 radical (unpaired) electrons. The zero-order valence-electron chi connectivity index (χ0n) is 12.6. The van der Waals surface area contributed by atoms with Crippen molar-refractivity contribution in [1.82, 2.24) is 0 Å². The highest BCUT2D eigenvalue weighted by Gasteiger charge is 2.01. The summed E-state index contributed by atoms with van der Waals surface area (Å²) in [6.45, 7) is 1.15. The summed E-state index contributed by atoms with van der Waals surface area (Å²) in [6.07, 6.45) is 0. The van der Waals surface area contributed by atoms with Crippen LogP contribution in [0.1, 0.15) is 10.4 Å². The summed E-state index contributed by atoms with van der Waals surface area (Å²) in [5.41, 5.74) is 5.79. The Labute approximate surface area is 140 Å². The Balaban J connectivity index is 0.000000174. The molecule has 3 nitrogen and oxygen atoms in total. The van der Waals surface area contributed by atoms with Gasteiger partial charge in [0.1, 0.15) is 12.4 Å². The Hall–Kier alpha value is -2.36. The van der Waals surface area contributed by atoms with Crippen LogP contribution >= 0.6 is 11.6 Å². The fourth-order valence-electron chi connectivity index (χ4n) is 2.01. The second kappa shape index (κ2) is 8.93. The van der Waals surface area contributed by atoms with Crippen LogP contribution in [-0.2, 0) is 0 Å². The van der Waals surface area contributed by atoms with E-state index in [0.29, 0.717) is 18.7 Å². The number of hydrogen-bond donors (Lipinski definition) is 1. The first-order valence-corrected chi connectivity index (χ1v) is 7.65. The molecular weight excluding hydrogens is 310 g/mol. The van der Waals surface area contributed by atoms with Crippen LogP contribution in [-0.4, -0.2) is 18.4 Å². The molecule has 0 fully saturated rings. The fraction of sp³-hybridized carbons (Fsp3) is 0.105. The normalized spacial score (nSPS) is 9.83. The third-order valence-corrected chi connectivity index (χ3v) is 3.32. The van der Waals surface area contributed by atoms with E-state index in [1.165, 1.54) is 0 Å². The molecule has 0 unspecified atom stereocenters. The van der Waals surface area contributed by atoms with Gasteiger partial charge >= 0.3 is 0 Å².